The monoisotopic (exact) mass is 348 g/mol. The van der Waals surface area contributed by atoms with E-state index in [1.54, 1.807) is 23.0 Å². The van der Waals surface area contributed by atoms with Crippen LogP contribution in [0.15, 0.2) is 24.4 Å². The Morgan fingerprint density at radius 1 is 1.40 bits per heavy atom. The largest absolute Gasteiger partial charge is 0.444 e. The van der Waals surface area contributed by atoms with Crippen molar-refractivity contribution in [2.24, 2.45) is 0 Å². The molecule has 1 N–H and O–H groups in total. The summed E-state index contributed by atoms with van der Waals surface area (Å²) in [6.07, 6.45) is 2.10. The average Bonchev–Trinajstić information content (AvgIpc) is 3.01. The maximum atomic E-state index is 12.5. The number of hydrogen-bond acceptors (Lipinski definition) is 4. The third-order valence-corrected chi connectivity index (χ3v) is 4.18. The summed E-state index contributed by atoms with van der Waals surface area (Å²) in [7, 11) is 1.75. The van der Waals surface area contributed by atoms with Crippen LogP contribution in [0.4, 0.5) is 9.59 Å². The SMILES string of the molecule is C[C@H](c1ccccn1)N(C)C(=O)N[C@@H]1CCN(C(=O)OC(C)(C)C)C1. The first-order valence-corrected chi connectivity index (χ1v) is 8.59. The smallest absolute Gasteiger partial charge is 0.410 e. The molecule has 3 amide bonds. The number of rotatable bonds is 3. The maximum Gasteiger partial charge on any atom is 0.410 e. The van der Waals surface area contributed by atoms with Crippen molar-refractivity contribution in [3.63, 3.8) is 0 Å². The van der Waals surface area contributed by atoms with Gasteiger partial charge >= 0.3 is 12.1 Å². The van der Waals surface area contributed by atoms with Crippen LogP contribution in [0.1, 0.15) is 45.9 Å². The number of carbonyl (C=O) groups excluding carboxylic acids is 2. The van der Waals surface area contributed by atoms with Crippen molar-refractivity contribution < 1.29 is 14.3 Å². The molecule has 1 fully saturated rings. The van der Waals surface area contributed by atoms with Gasteiger partial charge in [0.25, 0.3) is 0 Å². The van der Waals surface area contributed by atoms with Crippen molar-refractivity contribution in [3.8, 4) is 0 Å². The molecule has 0 aliphatic carbocycles. The molecule has 2 atom stereocenters. The summed E-state index contributed by atoms with van der Waals surface area (Å²) < 4.78 is 5.37. The second kappa shape index (κ2) is 7.72. The highest BCUT2D eigenvalue weighted by Crippen LogP contribution is 2.18. The standard InChI is InChI=1S/C18H28N4O3/c1-13(15-8-6-7-10-19-15)21(5)16(23)20-14-9-11-22(12-14)17(24)25-18(2,3)4/h6-8,10,13-14H,9,11-12H2,1-5H3,(H,20,23)/t13-,14-/m1/s1. The Kier molecular flexibility index (Phi) is 5.87. The van der Waals surface area contributed by atoms with Crippen LogP contribution < -0.4 is 5.32 Å². The number of urea groups is 1. The van der Waals surface area contributed by atoms with E-state index >= 15 is 0 Å². The molecule has 25 heavy (non-hydrogen) atoms. The molecular formula is C18H28N4O3. The molecule has 0 bridgehead atoms. The molecule has 1 aromatic rings. The molecule has 138 valence electrons. The Labute approximate surface area is 149 Å². The zero-order valence-electron chi connectivity index (χ0n) is 15.7. The lowest BCUT2D eigenvalue weighted by molar-refractivity contribution is 0.0291. The summed E-state index contributed by atoms with van der Waals surface area (Å²) in [6.45, 7) is 8.51. The quantitative estimate of drug-likeness (QED) is 0.911. The fourth-order valence-electron chi connectivity index (χ4n) is 2.64. The number of ether oxygens (including phenoxy) is 1. The van der Waals surface area contributed by atoms with Crippen LogP contribution in [0, 0.1) is 0 Å². The Bertz CT molecular complexity index is 600. The van der Waals surface area contributed by atoms with Gasteiger partial charge in [-0.15, -0.1) is 0 Å². The number of hydrogen-bond donors (Lipinski definition) is 1. The molecule has 0 radical (unpaired) electrons. The molecule has 0 saturated carbocycles. The summed E-state index contributed by atoms with van der Waals surface area (Å²) >= 11 is 0. The molecule has 0 aromatic carbocycles. The van der Waals surface area contributed by atoms with Gasteiger partial charge < -0.3 is 19.9 Å². The van der Waals surface area contributed by atoms with Crippen molar-refractivity contribution in [1.82, 2.24) is 20.1 Å². The van der Waals surface area contributed by atoms with Crippen molar-refractivity contribution in [2.45, 2.75) is 51.8 Å². The normalized spacial score (nSPS) is 18.6. The van der Waals surface area contributed by atoms with Crippen LogP contribution in [0.25, 0.3) is 0 Å². The Morgan fingerprint density at radius 2 is 2.12 bits per heavy atom. The van der Waals surface area contributed by atoms with E-state index in [0.29, 0.717) is 13.1 Å². The van der Waals surface area contributed by atoms with Gasteiger partial charge in [-0.1, -0.05) is 6.07 Å². The maximum absolute atomic E-state index is 12.5. The molecular weight excluding hydrogens is 320 g/mol. The Hall–Kier alpha value is -2.31. The van der Waals surface area contributed by atoms with E-state index in [9.17, 15) is 9.59 Å². The van der Waals surface area contributed by atoms with Gasteiger partial charge in [-0.25, -0.2) is 9.59 Å². The Morgan fingerprint density at radius 3 is 2.72 bits per heavy atom. The second-order valence-electron chi connectivity index (χ2n) is 7.40. The van der Waals surface area contributed by atoms with E-state index in [1.807, 2.05) is 45.9 Å². The predicted molar refractivity (Wildman–Crippen MR) is 95.2 cm³/mol. The number of pyridine rings is 1. The number of likely N-dealkylation sites (tertiary alicyclic amines) is 1. The highest BCUT2D eigenvalue weighted by atomic mass is 16.6. The zero-order chi connectivity index (χ0) is 18.6. The number of amides is 3. The van der Waals surface area contributed by atoms with Crippen molar-refractivity contribution in [3.05, 3.63) is 30.1 Å². The molecule has 7 nitrogen and oxygen atoms in total. The van der Waals surface area contributed by atoms with Crippen LogP contribution in [-0.2, 0) is 4.74 Å². The lowest BCUT2D eigenvalue weighted by atomic mass is 10.2. The van der Waals surface area contributed by atoms with E-state index in [0.717, 1.165) is 12.1 Å². The first-order chi connectivity index (χ1) is 11.7. The van der Waals surface area contributed by atoms with Crippen LogP contribution >= 0.6 is 0 Å². The van der Waals surface area contributed by atoms with E-state index in [-0.39, 0.29) is 24.2 Å². The van der Waals surface area contributed by atoms with Gasteiger partial charge in [-0.2, -0.15) is 0 Å². The number of aromatic nitrogens is 1. The Balaban J connectivity index is 1.86. The number of nitrogens with one attached hydrogen (secondary N) is 1. The van der Waals surface area contributed by atoms with Crippen LogP contribution in [-0.4, -0.2) is 58.7 Å². The van der Waals surface area contributed by atoms with E-state index in [2.05, 4.69) is 10.3 Å². The van der Waals surface area contributed by atoms with Crippen LogP contribution in [0.5, 0.6) is 0 Å². The summed E-state index contributed by atoms with van der Waals surface area (Å²) in [5.41, 5.74) is 0.318. The van der Waals surface area contributed by atoms with Crippen LogP contribution in [0.2, 0.25) is 0 Å². The minimum atomic E-state index is -0.517. The van der Waals surface area contributed by atoms with Gasteiger partial charge in [0.1, 0.15) is 5.60 Å². The zero-order valence-corrected chi connectivity index (χ0v) is 15.7. The fourth-order valence-corrected chi connectivity index (χ4v) is 2.64. The van der Waals surface area contributed by atoms with Gasteiger partial charge in [0.05, 0.1) is 11.7 Å². The summed E-state index contributed by atoms with van der Waals surface area (Å²) in [6, 6.07) is 5.27. The highest BCUT2D eigenvalue weighted by molar-refractivity contribution is 5.75. The molecule has 1 aromatic heterocycles. The topological polar surface area (TPSA) is 74.8 Å². The molecule has 7 heteroatoms. The molecule has 0 spiro atoms. The molecule has 2 rings (SSSR count). The summed E-state index contributed by atoms with van der Waals surface area (Å²) in [4.78, 5) is 32.1. The molecule has 1 saturated heterocycles. The van der Waals surface area contributed by atoms with Crippen molar-refractivity contribution in [1.29, 1.82) is 0 Å². The molecule has 1 aliphatic rings. The molecule has 0 unspecified atom stereocenters. The van der Waals surface area contributed by atoms with E-state index in [4.69, 9.17) is 4.74 Å². The number of nitrogens with zero attached hydrogens (tertiary/aromatic N) is 3. The van der Waals surface area contributed by atoms with Gasteiger partial charge in [0, 0.05) is 32.4 Å². The molecule has 1 aliphatic heterocycles. The average molecular weight is 348 g/mol. The lowest BCUT2D eigenvalue weighted by Crippen LogP contribution is -2.45. The summed E-state index contributed by atoms with van der Waals surface area (Å²) in [5.74, 6) is 0. The molecule has 2 heterocycles. The summed E-state index contributed by atoms with van der Waals surface area (Å²) in [5, 5.41) is 2.99. The first kappa shape index (κ1) is 19.0. The lowest BCUT2D eigenvalue weighted by Gasteiger charge is -2.27. The van der Waals surface area contributed by atoms with E-state index in [1.165, 1.54) is 0 Å². The van der Waals surface area contributed by atoms with Crippen molar-refractivity contribution in [2.75, 3.05) is 20.1 Å². The number of carbonyl (C=O) groups is 2. The minimum Gasteiger partial charge on any atom is -0.444 e. The van der Waals surface area contributed by atoms with Crippen molar-refractivity contribution >= 4 is 12.1 Å². The third-order valence-electron chi connectivity index (χ3n) is 4.18. The van der Waals surface area contributed by atoms with Gasteiger partial charge in [0.15, 0.2) is 0 Å². The third kappa shape index (κ3) is 5.34. The predicted octanol–water partition coefficient (Wildman–Crippen LogP) is 2.79. The minimum absolute atomic E-state index is 0.0709. The van der Waals surface area contributed by atoms with Gasteiger partial charge in [0.2, 0.25) is 0 Å². The van der Waals surface area contributed by atoms with Crippen LogP contribution in [0.3, 0.4) is 0 Å². The fraction of sp³-hybridized carbons (Fsp3) is 0.611. The van der Waals surface area contributed by atoms with Gasteiger partial charge in [-0.05, 0) is 46.2 Å². The highest BCUT2D eigenvalue weighted by Gasteiger charge is 2.31. The first-order valence-electron chi connectivity index (χ1n) is 8.59. The second-order valence-corrected chi connectivity index (χ2v) is 7.40. The van der Waals surface area contributed by atoms with Gasteiger partial charge in [-0.3, -0.25) is 4.98 Å². The van der Waals surface area contributed by atoms with E-state index < -0.39 is 5.60 Å².